The van der Waals surface area contributed by atoms with Gasteiger partial charge in [-0.25, -0.2) is 19.0 Å². The van der Waals surface area contributed by atoms with Gasteiger partial charge >= 0.3 is 12.1 Å². The smallest absolute Gasteiger partial charge is 0.414 e. The number of carbonyl (C=O) groups excluding carboxylic acids is 2. The van der Waals surface area contributed by atoms with E-state index in [0.717, 1.165) is 16.6 Å². The summed E-state index contributed by atoms with van der Waals surface area (Å²) in [4.78, 5) is 35.7. The van der Waals surface area contributed by atoms with E-state index in [-0.39, 0.29) is 43.9 Å². The van der Waals surface area contributed by atoms with Gasteiger partial charge in [-0.05, 0) is 18.9 Å². The molecular weight excluding hydrogens is 490 g/mol. The Hall–Kier alpha value is -4.32. The molecule has 3 rings (SSSR count). The molecule has 0 saturated heterocycles. The minimum absolute atomic E-state index is 0.0197. The molecule has 3 aromatic rings. The molecule has 0 unspecified atom stereocenters. The molecule has 3 N–H and O–H groups in total. The number of ether oxygens (including phenoxy) is 1. The van der Waals surface area contributed by atoms with Gasteiger partial charge in [0.05, 0.1) is 6.04 Å². The van der Waals surface area contributed by atoms with Crippen LogP contribution in [0.25, 0.3) is 11.3 Å². The van der Waals surface area contributed by atoms with Crippen LogP contribution in [0.3, 0.4) is 0 Å². The Balaban J connectivity index is 1.64. The normalized spacial score (nSPS) is 11.5. The summed E-state index contributed by atoms with van der Waals surface area (Å²) in [5, 5.41) is 16.4. The molecule has 0 aliphatic carbocycles. The van der Waals surface area contributed by atoms with Crippen molar-refractivity contribution in [2.24, 2.45) is 0 Å². The van der Waals surface area contributed by atoms with E-state index in [1.54, 1.807) is 0 Å². The van der Waals surface area contributed by atoms with Gasteiger partial charge in [-0.3, -0.25) is 19.9 Å². The molecule has 0 fully saturated rings. The van der Waals surface area contributed by atoms with Crippen LogP contribution in [0.15, 0.2) is 59.1 Å². The highest BCUT2D eigenvalue weighted by molar-refractivity contribution is 5.83. The SMILES string of the molecule is CC(=O)N(NCc1cccc(F)c1F)[C@@H](CCCC(=O)O)COC(=O)Nc1cc(-c2ccccc2)no1. The lowest BCUT2D eigenvalue weighted by atomic mass is 10.1. The van der Waals surface area contributed by atoms with Gasteiger partial charge in [0, 0.05) is 37.1 Å². The first-order valence-corrected chi connectivity index (χ1v) is 11.4. The number of amides is 2. The van der Waals surface area contributed by atoms with E-state index < -0.39 is 35.6 Å². The van der Waals surface area contributed by atoms with Crippen LogP contribution >= 0.6 is 0 Å². The number of aliphatic carboxylic acids is 1. The predicted molar refractivity (Wildman–Crippen MR) is 128 cm³/mol. The monoisotopic (exact) mass is 516 g/mol. The number of benzene rings is 2. The molecule has 37 heavy (non-hydrogen) atoms. The molecule has 2 aromatic carbocycles. The molecule has 2 amide bonds. The lowest BCUT2D eigenvalue weighted by Gasteiger charge is -2.31. The van der Waals surface area contributed by atoms with Crippen LogP contribution in [0.1, 0.15) is 31.7 Å². The minimum atomic E-state index is -1.06. The van der Waals surface area contributed by atoms with Crippen LogP contribution in [-0.2, 0) is 20.9 Å². The first-order chi connectivity index (χ1) is 17.7. The number of hydrogen-bond donors (Lipinski definition) is 3. The summed E-state index contributed by atoms with van der Waals surface area (Å²) < 4.78 is 37.9. The highest BCUT2D eigenvalue weighted by atomic mass is 19.2. The van der Waals surface area contributed by atoms with Crippen LogP contribution in [0.5, 0.6) is 0 Å². The zero-order valence-corrected chi connectivity index (χ0v) is 19.9. The van der Waals surface area contributed by atoms with Crippen molar-refractivity contribution in [3.8, 4) is 11.3 Å². The molecule has 196 valence electrons. The summed E-state index contributed by atoms with van der Waals surface area (Å²) in [5.41, 5.74) is 3.99. The fraction of sp³-hybridized carbons (Fsp3) is 0.280. The Morgan fingerprint density at radius 1 is 1.14 bits per heavy atom. The first-order valence-electron chi connectivity index (χ1n) is 11.4. The van der Waals surface area contributed by atoms with Crippen molar-refractivity contribution < 1.29 is 37.5 Å². The van der Waals surface area contributed by atoms with Gasteiger partial charge in [0.1, 0.15) is 12.3 Å². The maximum absolute atomic E-state index is 14.0. The van der Waals surface area contributed by atoms with Gasteiger partial charge < -0.3 is 14.4 Å². The van der Waals surface area contributed by atoms with Crippen LogP contribution in [0, 0.1) is 11.6 Å². The molecule has 0 aliphatic rings. The summed E-state index contributed by atoms with van der Waals surface area (Å²) in [6, 6.07) is 13.5. The van der Waals surface area contributed by atoms with E-state index in [9.17, 15) is 23.2 Å². The lowest BCUT2D eigenvalue weighted by Crippen LogP contribution is -2.50. The lowest BCUT2D eigenvalue weighted by molar-refractivity contribution is -0.137. The summed E-state index contributed by atoms with van der Waals surface area (Å²) in [6.45, 7) is 0.688. The average molecular weight is 517 g/mol. The fourth-order valence-corrected chi connectivity index (χ4v) is 3.52. The number of rotatable bonds is 12. The van der Waals surface area contributed by atoms with Crippen LogP contribution < -0.4 is 10.7 Å². The van der Waals surface area contributed by atoms with Crippen molar-refractivity contribution in [3.63, 3.8) is 0 Å². The Kier molecular flexibility index (Phi) is 9.67. The molecule has 1 atom stereocenters. The molecule has 0 bridgehead atoms. The Bertz CT molecular complexity index is 1220. The van der Waals surface area contributed by atoms with E-state index in [0.29, 0.717) is 5.69 Å². The van der Waals surface area contributed by atoms with Crippen molar-refractivity contribution in [1.29, 1.82) is 0 Å². The third-order valence-electron chi connectivity index (χ3n) is 5.32. The highest BCUT2D eigenvalue weighted by Crippen LogP contribution is 2.21. The quantitative estimate of drug-likeness (QED) is 0.303. The van der Waals surface area contributed by atoms with E-state index in [4.69, 9.17) is 14.4 Å². The van der Waals surface area contributed by atoms with E-state index >= 15 is 0 Å². The molecule has 0 saturated carbocycles. The number of nitrogens with zero attached hydrogens (tertiary/aromatic N) is 2. The molecule has 0 radical (unpaired) electrons. The number of halogens is 2. The zero-order chi connectivity index (χ0) is 26.8. The third kappa shape index (κ3) is 8.10. The minimum Gasteiger partial charge on any atom is -0.481 e. The molecule has 1 heterocycles. The molecule has 0 spiro atoms. The topological polar surface area (TPSA) is 134 Å². The second-order valence-electron chi connectivity index (χ2n) is 8.04. The van der Waals surface area contributed by atoms with Crippen molar-refractivity contribution in [3.05, 3.63) is 71.8 Å². The standard InChI is InChI=1S/C25H26F2N4O6/c1-16(32)31(28-14-18-9-5-11-20(26)24(18)27)19(10-6-12-23(33)34)15-36-25(35)29-22-13-21(30-37-22)17-7-3-2-4-8-17/h2-5,7-9,11,13,19,28H,6,10,12,14-15H2,1H3,(H,29,35)(H,33,34)/t19-/m0/s1. The van der Waals surface area contributed by atoms with Crippen molar-refractivity contribution >= 4 is 23.9 Å². The maximum atomic E-state index is 14.0. The number of carboxylic acid groups (broad SMARTS) is 1. The number of carbonyl (C=O) groups is 3. The van der Waals surface area contributed by atoms with Gasteiger partial charge in [0.2, 0.25) is 11.8 Å². The van der Waals surface area contributed by atoms with E-state index in [1.807, 2.05) is 30.3 Å². The van der Waals surface area contributed by atoms with Gasteiger partial charge in [-0.15, -0.1) is 0 Å². The number of carboxylic acids is 1. The van der Waals surface area contributed by atoms with Crippen molar-refractivity contribution in [2.45, 2.75) is 38.8 Å². The summed E-state index contributed by atoms with van der Waals surface area (Å²) >= 11 is 0. The second-order valence-corrected chi connectivity index (χ2v) is 8.04. The first kappa shape index (κ1) is 27.3. The summed E-state index contributed by atoms with van der Waals surface area (Å²) in [5.74, 6) is -3.58. The van der Waals surface area contributed by atoms with Gasteiger partial charge in [0.25, 0.3) is 0 Å². The molecule has 12 heteroatoms. The number of hydrazine groups is 1. The van der Waals surface area contributed by atoms with E-state index in [2.05, 4.69) is 15.9 Å². The van der Waals surface area contributed by atoms with Crippen LogP contribution in [0.2, 0.25) is 0 Å². The van der Waals surface area contributed by atoms with Gasteiger partial charge in [-0.2, -0.15) is 0 Å². The van der Waals surface area contributed by atoms with Gasteiger partial charge in [0.15, 0.2) is 11.6 Å². The van der Waals surface area contributed by atoms with Crippen molar-refractivity contribution in [1.82, 2.24) is 15.6 Å². The number of aromatic nitrogens is 1. The number of nitrogens with one attached hydrogen (secondary N) is 2. The van der Waals surface area contributed by atoms with Crippen molar-refractivity contribution in [2.75, 3.05) is 11.9 Å². The zero-order valence-electron chi connectivity index (χ0n) is 19.9. The van der Waals surface area contributed by atoms with Crippen LogP contribution in [-0.4, -0.2) is 45.9 Å². The molecule has 10 nitrogen and oxygen atoms in total. The predicted octanol–water partition coefficient (Wildman–Crippen LogP) is 4.35. The van der Waals surface area contributed by atoms with E-state index in [1.165, 1.54) is 25.1 Å². The largest absolute Gasteiger partial charge is 0.481 e. The molecule has 1 aromatic heterocycles. The molecule has 0 aliphatic heterocycles. The highest BCUT2D eigenvalue weighted by Gasteiger charge is 2.24. The Morgan fingerprint density at radius 2 is 1.89 bits per heavy atom. The number of hydrogen-bond acceptors (Lipinski definition) is 7. The second kappa shape index (κ2) is 13.1. The summed E-state index contributed by atoms with van der Waals surface area (Å²) in [7, 11) is 0. The fourth-order valence-electron chi connectivity index (χ4n) is 3.52. The number of anilines is 1. The molecular formula is C25H26F2N4O6. The average Bonchev–Trinajstić information content (AvgIpc) is 3.33. The van der Waals surface area contributed by atoms with Gasteiger partial charge in [-0.1, -0.05) is 47.6 Å². The maximum Gasteiger partial charge on any atom is 0.414 e. The van der Waals surface area contributed by atoms with Crippen LogP contribution in [0.4, 0.5) is 19.5 Å². The third-order valence-corrected chi connectivity index (χ3v) is 5.32. The Labute approximate surface area is 211 Å². The summed E-state index contributed by atoms with van der Waals surface area (Å²) in [6.07, 6.45) is -0.738. The Morgan fingerprint density at radius 3 is 2.59 bits per heavy atom.